The lowest BCUT2D eigenvalue weighted by Crippen LogP contribution is -2.31. The van der Waals surface area contributed by atoms with Gasteiger partial charge in [0, 0.05) is 12.1 Å². The largest absolute Gasteiger partial charge is 0.503 e. The maximum Gasteiger partial charge on any atom is 0.294 e. The maximum absolute atomic E-state index is 12.8. The lowest BCUT2D eigenvalue weighted by Gasteiger charge is -2.27. The first-order valence-corrected chi connectivity index (χ1v) is 8.40. The van der Waals surface area contributed by atoms with E-state index in [-0.39, 0.29) is 17.3 Å². The predicted molar refractivity (Wildman–Crippen MR) is 97.2 cm³/mol. The molecule has 0 fully saturated rings. The summed E-state index contributed by atoms with van der Waals surface area (Å²) in [5, 5.41) is 10.5. The highest BCUT2D eigenvalue weighted by molar-refractivity contribution is 6.16. The molecule has 0 saturated heterocycles. The van der Waals surface area contributed by atoms with Crippen LogP contribution in [0.5, 0.6) is 0 Å². The fourth-order valence-corrected chi connectivity index (χ4v) is 3.18. The molecule has 1 amide bonds. The number of nitrogens with zero attached hydrogens (tertiary/aromatic N) is 1. The molecule has 4 nitrogen and oxygen atoms in total. The molecule has 0 spiro atoms. The highest BCUT2D eigenvalue weighted by atomic mass is 16.3. The Kier molecular flexibility index (Phi) is 4.70. The van der Waals surface area contributed by atoms with E-state index in [1.165, 1.54) is 4.90 Å². The molecule has 0 radical (unpaired) electrons. The van der Waals surface area contributed by atoms with Crippen molar-refractivity contribution in [2.24, 2.45) is 5.92 Å². The first kappa shape index (κ1) is 17.0. The van der Waals surface area contributed by atoms with Gasteiger partial charge < -0.3 is 5.11 Å². The average molecular weight is 335 g/mol. The first-order valence-electron chi connectivity index (χ1n) is 8.40. The normalized spacial score (nSPS) is 17.5. The summed E-state index contributed by atoms with van der Waals surface area (Å²) in [5.74, 6) is -1.02. The van der Waals surface area contributed by atoms with Gasteiger partial charge in [0.1, 0.15) is 0 Å². The fraction of sp³-hybridized carbons (Fsp3) is 0.238. The Bertz CT molecular complexity index is 810. The van der Waals surface area contributed by atoms with E-state index >= 15 is 0 Å². The summed E-state index contributed by atoms with van der Waals surface area (Å²) < 4.78 is 0. The third-order valence-electron chi connectivity index (χ3n) is 4.25. The van der Waals surface area contributed by atoms with Crippen LogP contribution in [0.2, 0.25) is 0 Å². The second-order valence-corrected chi connectivity index (χ2v) is 6.61. The summed E-state index contributed by atoms with van der Waals surface area (Å²) in [4.78, 5) is 27.0. The molecule has 128 valence electrons. The summed E-state index contributed by atoms with van der Waals surface area (Å²) >= 11 is 0. The van der Waals surface area contributed by atoms with Crippen LogP contribution in [0.1, 0.15) is 31.9 Å². The van der Waals surface area contributed by atoms with Crippen LogP contribution >= 0.6 is 0 Å². The SMILES string of the molecule is CC(C)CC(=O)C1=C(O)C(=O)N(c2ccccc2)C1c1ccccc1. The summed E-state index contributed by atoms with van der Waals surface area (Å²) in [7, 11) is 0. The van der Waals surface area contributed by atoms with Gasteiger partial charge in [-0.25, -0.2) is 0 Å². The van der Waals surface area contributed by atoms with E-state index in [4.69, 9.17) is 0 Å². The van der Waals surface area contributed by atoms with E-state index in [0.717, 1.165) is 5.56 Å². The Balaban J connectivity index is 2.12. The van der Waals surface area contributed by atoms with Gasteiger partial charge in [-0.15, -0.1) is 0 Å². The van der Waals surface area contributed by atoms with Crippen LogP contribution in [0.3, 0.4) is 0 Å². The molecular formula is C21H21NO3. The van der Waals surface area contributed by atoms with Crippen LogP contribution in [-0.2, 0) is 9.59 Å². The number of benzene rings is 2. The van der Waals surface area contributed by atoms with E-state index in [1.807, 2.05) is 62.4 Å². The highest BCUT2D eigenvalue weighted by Gasteiger charge is 2.44. The quantitative estimate of drug-likeness (QED) is 0.891. The van der Waals surface area contributed by atoms with Crippen molar-refractivity contribution in [3.05, 3.63) is 77.6 Å². The Hall–Kier alpha value is -2.88. The zero-order chi connectivity index (χ0) is 18.0. The molecule has 3 rings (SSSR count). The molecule has 1 heterocycles. The molecule has 1 atom stereocenters. The van der Waals surface area contributed by atoms with Crippen molar-refractivity contribution >= 4 is 17.4 Å². The number of hydrogen-bond donors (Lipinski definition) is 1. The zero-order valence-corrected chi connectivity index (χ0v) is 14.3. The van der Waals surface area contributed by atoms with Crippen molar-refractivity contribution in [2.75, 3.05) is 4.90 Å². The number of carbonyl (C=O) groups is 2. The van der Waals surface area contributed by atoms with Crippen LogP contribution in [0, 0.1) is 5.92 Å². The first-order chi connectivity index (χ1) is 12.0. The second-order valence-electron chi connectivity index (χ2n) is 6.61. The molecule has 2 aromatic carbocycles. The number of carbonyl (C=O) groups excluding carboxylic acids is 2. The standard InChI is InChI=1S/C21H21NO3/c1-14(2)13-17(23)18-19(15-9-5-3-6-10-15)22(21(25)20(18)24)16-11-7-4-8-12-16/h3-12,14,19,24H,13H2,1-2H3. The van der Waals surface area contributed by atoms with Crippen LogP contribution in [0.4, 0.5) is 5.69 Å². The number of anilines is 1. The Morgan fingerprint density at radius 2 is 1.60 bits per heavy atom. The third-order valence-corrected chi connectivity index (χ3v) is 4.25. The molecule has 2 aromatic rings. The number of hydrogen-bond acceptors (Lipinski definition) is 3. The van der Waals surface area contributed by atoms with Crippen molar-refractivity contribution in [2.45, 2.75) is 26.3 Å². The molecule has 1 N–H and O–H groups in total. The molecule has 0 bridgehead atoms. The van der Waals surface area contributed by atoms with Crippen molar-refractivity contribution in [3.63, 3.8) is 0 Å². The number of Topliss-reactive ketones (excluding diaryl/α,β-unsaturated/α-hetero) is 1. The second kappa shape index (κ2) is 6.93. The Labute approximate surface area is 147 Å². The molecule has 0 saturated carbocycles. The van der Waals surface area contributed by atoms with Crippen LogP contribution in [0.25, 0.3) is 0 Å². The molecular weight excluding hydrogens is 314 g/mol. The van der Waals surface area contributed by atoms with Gasteiger partial charge in [-0.05, 0) is 23.6 Å². The lowest BCUT2D eigenvalue weighted by molar-refractivity contribution is -0.118. The Morgan fingerprint density at radius 1 is 1.04 bits per heavy atom. The van der Waals surface area contributed by atoms with Gasteiger partial charge in [0.25, 0.3) is 5.91 Å². The van der Waals surface area contributed by atoms with Gasteiger partial charge >= 0.3 is 0 Å². The third kappa shape index (κ3) is 3.20. The number of ketones is 1. The number of aliphatic hydroxyl groups excluding tert-OH is 1. The van der Waals surface area contributed by atoms with E-state index in [1.54, 1.807) is 12.1 Å². The van der Waals surface area contributed by atoms with E-state index < -0.39 is 17.7 Å². The molecule has 1 aliphatic rings. The van der Waals surface area contributed by atoms with Crippen LogP contribution < -0.4 is 4.90 Å². The number of para-hydroxylation sites is 1. The minimum absolute atomic E-state index is 0.144. The monoisotopic (exact) mass is 335 g/mol. The van der Waals surface area contributed by atoms with Crippen molar-refractivity contribution in [3.8, 4) is 0 Å². The summed E-state index contributed by atoms with van der Waals surface area (Å²) in [6.45, 7) is 3.89. The van der Waals surface area contributed by atoms with Gasteiger partial charge in [0.15, 0.2) is 11.5 Å². The number of amides is 1. The van der Waals surface area contributed by atoms with Gasteiger partial charge in [-0.1, -0.05) is 62.4 Å². The maximum atomic E-state index is 12.8. The molecule has 4 heteroatoms. The molecule has 1 aliphatic heterocycles. The predicted octanol–water partition coefficient (Wildman–Crippen LogP) is 4.20. The smallest absolute Gasteiger partial charge is 0.294 e. The minimum atomic E-state index is -0.609. The Morgan fingerprint density at radius 3 is 2.16 bits per heavy atom. The van der Waals surface area contributed by atoms with Crippen molar-refractivity contribution in [1.29, 1.82) is 0 Å². The summed E-state index contributed by atoms with van der Waals surface area (Å²) in [6.07, 6.45) is 0.290. The summed E-state index contributed by atoms with van der Waals surface area (Å²) in [5.41, 5.74) is 1.64. The minimum Gasteiger partial charge on any atom is -0.503 e. The van der Waals surface area contributed by atoms with E-state index in [0.29, 0.717) is 12.1 Å². The van der Waals surface area contributed by atoms with Gasteiger partial charge in [0.2, 0.25) is 0 Å². The van der Waals surface area contributed by atoms with E-state index in [2.05, 4.69) is 0 Å². The molecule has 0 aliphatic carbocycles. The average Bonchev–Trinajstić information content (AvgIpc) is 2.87. The number of rotatable bonds is 5. The van der Waals surface area contributed by atoms with Gasteiger partial charge in [-0.3, -0.25) is 14.5 Å². The number of aliphatic hydroxyl groups is 1. The zero-order valence-electron chi connectivity index (χ0n) is 14.3. The highest BCUT2D eigenvalue weighted by Crippen LogP contribution is 2.41. The van der Waals surface area contributed by atoms with Crippen LogP contribution in [0.15, 0.2) is 72.0 Å². The van der Waals surface area contributed by atoms with Crippen molar-refractivity contribution < 1.29 is 14.7 Å². The molecule has 25 heavy (non-hydrogen) atoms. The lowest BCUT2D eigenvalue weighted by atomic mass is 9.92. The topological polar surface area (TPSA) is 57.6 Å². The fourth-order valence-electron chi connectivity index (χ4n) is 3.18. The van der Waals surface area contributed by atoms with E-state index in [9.17, 15) is 14.7 Å². The van der Waals surface area contributed by atoms with Crippen LogP contribution in [-0.4, -0.2) is 16.8 Å². The van der Waals surface area contributed by atoms with Crippen molar-refractivity contribution in [1.82, 2.24) is 0 Å². The molecule has 0 aromatic heterocycles. The summed E-state index contributed by atoms with van der Waals surface area (Å²) in [6, 6.07) is 17.9. The van der Waals surface area contributed by atoms with Gasteiger partial charge in [0.05, 0.1) is 11.6 Å². The molecule has 1 unspecified atom stereocenters. The van der Waals surface area contributed by atoms with Gasteiger partial charge in [-0.2, -0.15) is 0 Å².